The van der Waals surface area contributed by atoms with E-state index in [1.54, 1.807) is 25.1 Å². The number of ether oxygens (including phenoxy) is 2. The van der Waals surface area contributed by atoms with Crippen LogP contribution in [0.25, 0.3) is 0 Å². The van der Waals surface area contributed by atoms with Crippen LogP contribution in [0, 0.1) is 0 Å². The summed E-state index contributed by atoms with van der Waals surface area (Å²) in [5.41, 5.74) is 4.90. The Morgan fingerprint density at radius 2 is 1.90 bits per heavy atom. The van der Waals surface area contributed by atoms with Crippen LogP contribution in [-0.4, -0.2) is 37.7 Å². The Hall–Kier alpha value is -1.50. The molecule has 3 N–H and O–H groups in total. The molecule has 0 fully saturated rings. The largest absolute Gasteiger partial charge is 0.481 e. The van der Waals surface area contributed by atoms with Gasteiger partial charge >= 0.3 is 0 Å². The minimum atomic E-state index is -0.726. The molecule has 6 nitrogen and oxygen atoms in total. The van der Waals surface area contributed by atoms with Gasteiger partial charge in [-0.05, 0) is 25.1 Å². The summed E-state index contributed by atoms with van der Waals surface area (Å²) in [6.07, 6.45) is -0.726. The van der Waals surface area contributed by atoms with Crippen LogP contribution >= 0.6 is 23.2 Å². The van der Waals surface area contributed by atoms with Crippen LogP contribution in [0.5, 0.6) is 5.75 Å². The Balaban J connectivity index is 2.35. The van der Waals surface area contributed by atoms with Crippen molar-refractivity contribution in [1.82, 2.24) is 5.32 Å². The van der Waals surface area contributed by atoms with Gasteiger partial charge in [0, 0.05) is 16.6 Å². The molecule has 1 atom stereocenters. The van der Waals surface area contributed by atoms with Gasteiger partial charge in [0.05, 0.1) is 6.61 Å². The summed E-state index contributed by atoms with van der Waals surface area (Å²) >= 11 is 11.7. The maximum absolute atomic E-state index is 11.8. The molecule has 21 heavy (non-hydrogen) atoms. The zero-order valence-corrected chi connectivity index (χ0v) is 12.9. The number of hydrogen-bond acceptors (Lipinski definition) is 4. The molecule has 0 aliphatic heterocycles. The number of carbonyl (C=O) groups excluding carboxylic acids is 2. The Morgan fingerprint density at radius 3 is 2.48 bits per heavy atom. The predicted molar refractivity (Wildman–Crippen MR) is 79.6 cm³/mol. The molecule has 0 bridgehead atoms. The number of benzene rings is 1. The third-order valence-corrected chi connectivity index (χ3v) is 2.74. The van der Waals surface area contributed by atoms with E-state index in [9.17, 15) is 9.59 Å². The first-order valence-electron chi connectivity index (χ1n) is 6.15. The van der Waals surface area contributed by atoms with Crippen molar-refractivity contribution in [3.63, 3.8) is 0 Å². The average Bonchev–Trinajstić information content (AvgIpc) is 2.36. The molecule has 0 aromatic heterocycles. The molecule has 0 heterocycles. The Kier molecular flexibility index (Phi) is 7.28. The molecule has 0 spiro atoms. The molecule has 1 aromatic rings. The number of primary amides is 1. The quantitative estimate of drug-likeness (QED) is 0.702. The van der Waals surface area contributed by atoms with Crippen molar-refractivity contribution in [2.24, 2.45) is 5.73 Å². The number of nitrogens with two attached hydrogens (primary N) is 1. The minimum Gasteiger partial charge on any atom is -0.481 e. The molecule has 0 unspecified atom stereocenters. The molecule has 0 radical (unpaired) electrons. The van der Waals surface area contributed by atoms with Gasteiger partial charge in [-0.3, -0.25) is 9.59 Å². The second-order valence-electron chi connectivity index (χ2n) is 4.18. The molecule has 0 saturated heterocycles. The van der Waals surface area contributed by atoms with Crippen molar-refractivity contribution in [1.29, 1.82) is 0 Å². The summed E-state index contributed by atoms with van der Waals surface area (Å²) < 4.78 is 10.3. The lowest BCUT2D eigenvalue weighted by molar-refractivity contribution is -0.127. The van der Waals surface area contributed by atoms with Crippen LogP contribution in [0.4, 0.5) is 0 Å². The van der Waals surface area contributed by atoms with Crippen LogP contribution in [0.3, 0.4) is 0 Å². The van der Waals surface area contributed by atoms with E-state index in [4.69, 9.17) is 38.4 Å². The Labute approximate surface area is 132 Å². The van der Waals surface area contributed by atoms with Gasteiger partial charge in [-0.15, -0.1) is 0 Å². The third kappa shape index (κ3) is 7.17. The maximum atomic E-state index is 11.8. The lowest BCUT2D eigenvalue weighted by atomic mass is 10.3. The van der Waals surface area contributed by atoms with E-state index in [0.717, 1.165) is 0 Å². The van der Waals surface area contributed by atoms with Gasteiger partial charge in [-0.2, -0.15) is 0 Å². The fourth-order valence-electron chi connectivity index (χ4n) is 1.42. The summed E-state index contributed by atoms with van der Waals surface area (Å²) in [6.45, 7) is 1.85. The first kappa shape index (κ1) is 17.6. The molecular formula is C13H16Cl2N2O4. The molecular weight excluding hydrogens is 319 g/mol. The zero-order chi connectivity index (χ0) is 15.8. The molecule has 1 rings (SSSR count). The minimum absolute atomic E-state index is 0.178. The van der Waals surface area contributed by atoms with E-state index in [1.165, 1.54) is 0 Å². The lowest BCUT2D eigenvalue weighted by Gasteiger charge is -2.15. The summed E-state index contributed by atoms with van der Waals surface area (Å²) in [6, 6.07) is 4.69. The van der Waals surface area contributed by atoms with Gasteiger partial charge < -0.3 is 20.5 Å². The highest BCUT2D eigenvalue weighted by Gasteiger charge is 2.14. The standard InChI is InChI=1S/C13H16Cl2N2O4/c1-8(13(19)17-2-3-20-7-12(16)18)21-11-5-9(14)4-10(15)6-11/h4-6,8H,2-3,7H2,1H3,(H2,16,18)(H,17,19)/t8-/m1/s1. The fraction of sp³-hybridized carbons (Fsp3) is 0.385. The number of rotatable bonds is 8. The first-order chi connectivity index (χ1) is 9.88. The predicted octanol–water partition coefficient (Wildman–Crippen LogP) is 1.38. The zero-order valence-electron chi connectivity index (χ0n) is 11.4. The highest BCUT2D eigenvalue weighted by molar-refractivity contribution is 6.34. The third-order valence-electron chi connectivity index (χ3n) is 2.31. The molecule has 8 heteroatoms. The van der Waals surface area contributed by atoms with Crippen LogP contribution < -0.4 is 15.8 Å². The van der Waals surface area contributed by atoms with Crippen LogP contribution in [0.15, 0.2) is 18.2 Å². The van der Waals surface area contributed by atoms with Crippen molar-refractivity contribution < 1.29 is 19.1 Å². The maximum Gasteiger partial charge on any atom is 0.260 e. The van der Waals surface area contributed by atoms with Gasteiger partial charge in [0.2, 0.25) is 5.91 Å². The van der Waals surface area contributed by atoms with E-state index in [0.29, 0.717) is 15.8 Å². The van der Waals surface area contributed by atoms with Gasteiger partial charge in [0.25, 0.3) is 5.91 Å². The Morgan fingerprint density at radius 1 is 1.29 bits per heavy atom. The van der Waals surface area contributed by atoms with Gasteiger partial charge in [-0.25, -0.2) is 0 Å². The molecule has 0 aliphatic rings. The SMILES string of the molecule is C[C@@H](Oc1cc(Cl)cc(Cl)c1)C(=O)NCCOCC(N)=O. The van der Waals surface area contributed by atoms with Gasteiger partial charge in [0.15, 0.2) is 6.10 Å². The van der Waals surface area contributed by atoms with E-state index in [-0.39, 0.29) is 25.7 Å². The summed E-state index contributed by atoms with van der Waals surface area (Å²) in [5, 5.41) is 3.44. The van der Waals surface area contributed by atoms with Crippen molar-refractivity contribution in [2.45, 2.75) is 13.0 Å². The highest BCUT2D eigenvalue weighted by Crippen LogP contribution is 2.24. The monoisotopic (exact) mass is 334 g/mol. The molecule has 0 saturated carbocycles. The number of nitrogens with one attached hydrogen (secondary N) is 1. The topological polar surface area (TPSA) is 90.7 Å². The van der Waals surface area contributed by atoms with E-state index >= 15 is 0 Å². The number of carbonyl (C=O) groups is 2. The number of hydrogen-bond donors (Lipinski definition) is 2. The van der Waals surface area contributed by atoms with Crippen LogP contribution in [0.1, 0.15) is 6.92 Å². The van der Waals surface area contributed by atoms with Gasteiger partial charge in [-0.1, -0.05) is 23.2 Å². The van der Waals surface area contributed by atoms with E-state index < -0.39 is 12.0 Å². The summed E-state index contributed by atoms with van der Waals surface area (Å²) in [4.78, 5) is 22.2. The van der Waals surface area contributed by atoms with E-state index in [2.05, 4.69) is 5.32 Å². The normalized spacial score (nSPS) is 11.8. The second kappa shape index (κ2) is 8.71. The van der Waals surface area contributed by atoms with Crippen molar-refractivity contribution in [2.75, 3.05) is 19.8 Å². The summed E-state index contributed by atoms with van der Waals surface area (Å²) in [7, 11) is 0. The van der Waals surface area contributed by atoms with Crippen molar-refractivity contribution >= 4 is 35.0 Å². The molecule has 2 amide bonds. The van der Waals surface area contributed by atoms with Crippen LogP contribution in [0.2, 0.25) is 10.0 Å². The van der Waals surface area contributed by atoms with Crippen molar-refractivity contribution in [3.8, 4) is 5.75 Å². The molecule has 0 aliphatic carbocycles. The Bertz CT molecular complexity index is 491. The molecule has 116 valence electrons. The number of halogens is 2. The average molecular weight is 335 g/mol. The lowest BCUT2D eigenvalue weighted by Crippen LogP contribution is -2.38. The number of amides is 2. The smallest absolute Gasteiger partial charge is 0.260 e. The fourth-order valence-corrected chi connectivity index (χ4v) is 1.92. The second-order valence-corrected chi connectivity index (χ2v) is 5.05. The van der Waals surface area contributed by atoms with Gasteiger partial charge in [0.1, 0.15) is 12.4 Å². The van der Waals surface area contributed by atoms with Crippen molar-refractivity contribution in [3.05, 3.63) is 28.2 Å². The van der Waals surface area contributed by atoms with E-state index in [1.807, 2.05) is 0 Å². The van der Waals surface area contributed by atoms with Crippen LogP contribution in [-0.2, 0) is 14.3 Å². The highest BCUT2D eigenvalue weighted by atomic mass is 35.5. The summed E-state index contributed by atoms with van der Waals surface area (Å²) in [5.74, 6) is -0.482. The molecule has 1 aromatic carbocycles. The first-order valence-corrected chi connectivity index (χ1v) is 6.90.